The van der Waals surface area contributed by atoms with Gasteiger partial charge in [0.2, 0.25) is 0 Å². The zero-order chi connectivity index (χ0) is 18.6. The summed E-state index contributed by atoms with van der Waals surface area (Å²) in [5, 5.41) is 0. The lowest BCUT2D eigenvalue weighted by molar-refractivity contribution is -0.131. The number of aliphatic imine (C=N–C) groups is 1. The first-order valence-electron chi connectivity index (χ1n) is 9.02. The lowest BCUT2D eigenvalue weighted by Gasteiger charge is -2.23. The Bertz CT molecular complexity index is 664. The summed E-state index contributed by atoms with van der Waals surface area (Å²) < 4.78 is 0. The first kappa shape index (κ1) is 19.2. The van der Waals surface area contributed by atoms with Gasteiger partial charge in [-0.2, -0.15) is 0 Å². The van der Waals surface area contributed by atoms with E-state index >= 15 is 0 Å². The van der Waals surface area contributed by atoms with Crippen LogP contribution in [0.1, 0.15) is 58.1 Å². The van der Waals surface area contributed by atoms with E-state index in [9.17, 15) is 9.59 Å². The molecular weight excluding hydrogens is 314 g/mol. The Balaban J connectivity index is 2.04. The van der Waals surface area contributed by atoms with Gasteiger partial charge in [0.25, 0.3) is 5.91 Å². The van der Waals surface area contributed by atoms with Gasteiger partial charge in [0.1, 0.15) is 11.3 Å². The van der Waals surface area contributed by atoms with Crippen molar-refractivity contribution in [3.05, 3.63) is 35.4 Å². The third kappa shape index (κ3) is 4.68. The highest BCUT2D eigenvalue weighted by Crippen LogP contribution is 2.29. The maximum absolute atomic E-state index is 12.7. The molecule has 1 heterocycles. The molecule has 1 atom stereocenters. The molecule has 0 aliphatic carbocycles. The predicted molar refractivity (Wildman–Crippen MR) is 100 cm³/mol. The highest BCUT2D eigenvalue weighted by molar-refractivity contribution is 6.06. The smallest absolute Gasteiger partial charge is 0.257 e. The van der Waals surface area contributed by atoms with Crippen LogP contribution in [0.15, 0.2) is 29.3 Å². The molecule has 2 N–H and O–H groups in total. The molecule has 0 saturated heterocycles. The van der Waals surface area contributed by atoms with E-state index < -0.39 is 5.54 Å². The van der Waals surface area contributed by atoms with Crippen LogP contribution in [0.3, 0.4) is 0 Å². The largest absolute Gasteiger partial charge is 0.369 e. The first-order valence-corrected chi connectivity index (χ1v) is 9.02. The normalized spacial score (nSPS) is 20.3. The lowest BCUT2D eigenvalue weighted by Crippen LogP contribution is -2.43. The van der Waals surface area contributed by atoms with Gasteiger partial charge >= 0.3 is 0 Å². The minimum Gasteiger partial charge on any atom is -0.369 e. The van der Waals surface area contributed by atoms with E-state index in [2.05, 4.69) is 18.8 Å². The van der Waals surface area contributed by atoms with Crippen molar-refractivity contribution in [3.8, 4) is 0 Å². The molecule has 1 aromatic rings. The van der Waals surface area contributed by atoms with Gasteiger partial charge in [-0.05, 0) is 36.8 Å². The van der Waals surface area contributed by atoms with E-state index in [0.29, 0.717) is 31.7 Å². The summed E-state index contributed by atoms with van der Waals surface area (Å²) in [5.41, 5.74) is 7.23. The second kappa shape index (κ2) is 7.81. The maximum Gasteiger partial charge on any atom is 0.257 e. The van der Waals surface area contributed by atoms with Crippen LogP contribution in [0.4, 0.5) is 0 Å². The van der Waals surface area contributed by atoms with Crippen LogP contribution in [0.25, 0.3) is 0 Å². The fourth-order valence-electron chi connectivity index (χ4n) is 3.38. The Morgan fingerprint density at radius 2 is 1.84 bits per heavy atom. The zero-order valence-electron chi connectivity index (χ0n) is 15.7. The number of guanidine groups is 1. The minimum absolute atomic E-state index is 0.0408. The van der Waals surface area contributed by atoms with Gasteiger partial charge in [-0.1, -0.05) is 45.0 Å². The van der Waals surface area contributed by atoms with E-state index in [1.807, 2.05) is 38.1 Å². The molecule has 2 rings (SSSR count). The Kier molecular flexibility index (Phi) is 5.98. The summed E-state index contributed by atoms with van der Waals surface area (Å²) in [4.78, 5) is 30.5. The number of amides is 1. The molecule has 1 aromatic carbocycles. The molecule has 0 spiro atoms. The molecule has 5 heteroatoms. The number of Topliss-reactive ketones (excluding diaryl/α,β-unsaturated/α-hetero) is 1. The lowest BCUT2D eigenvalue weighted by atomic mass is 9.91. The summed E-state index contributed by atoms with van der Waals surface area (Å²) in [6, 6.07) is 7.80. The van der Waals surface area contributed by atoms with Crippen LogP contribution in [-0.2, 0) is 22.6 Å². The van der Waals surface area contributed by atoms with Crippen LogP contribution in [0.5, 0.6) is 0 Å². The highest BCUT2D eigenvalue weighted by Gasteiger charge is 2.43. The summed E-state index contributed by atoms with van der Waals surface area (Å²) in [6.07, 6.45) is 2.64. The van der Waals surface area contributed by atoms with Crippen LogP contribution in [-0.4, -0.2) is 28.1 Å². The van der Waals surface area contributed by atoms with Crippen LogP contribution in [0.2, 0.25) is 0 Å². The van der Waals surface area contributed by atoms with E-state index in [1.54, 1.807) is 4.90 Å². The molecule has 136 valence electrons. The summed E-state index contributed by atoms with van der Waals surface area (Å²) >= 11 is 0. The molecule has 5 nitrogen and oxygen atoms in total. The van der Waals surface area contributed by atoms with E-state index in [0.717, 1.165) is 17.5 Å². The maximum atomic E-state index is 12.7. The fourth-order valence-corrected chi connectivity index (χ4v) is 3.38. The van der Waals surface area contributed by atoms with Gasteiger partial charge < -0.3 is 5.73 Å². The SMILES string of the molecule is CCCC(=O)Cc1ccc(CN2C(=O)C(C)(CC(C)C)N=C2N)cc1. The van der Waals surface area contributed by atoms with E-state index in [4.69, 9.17) is 5.73 Å². The highest BCUT2D eigenvalue weighted by atomic mass is 16.2. The van der Waals surface area contributed by atoms with Gasteiger partial charge in [0, 0.05) is 12.8 Å². The van der Waals surface area contributed by atoms with Gasteiger partial charge in [-0.25, -0.2) is 4.99 Å². The van der Waals surface area contributed by atoms with Crippen LogP contribution >= 0.6 is 0 Å². The third-order valence-electron chi connectivity index (χ3n) is 4.44. The average molecular weight is 343 g/mol. The number of hydrogen-bond donors (Lipinski definition) is 1. The van der Waals surface area contributed by atoms with E-state index in [-0.39, 0.29) is 17.6 Å². The van der Waals surface area contributed by atoms with Crippen molar-refractivity contribution in [2.75, 3.05) is 0 Å². The van der Waals surface area contributed by atoms with Gasteiger partial charge in [0.15, 0.2) is 5.96 Å². The van der Waals surface area contributed by atoms with Crippen molar-refractivity contribution in [1.82, 2.24) is 4.90 Å². The topological polar surface area (TPSA) is 75.8 Å². The Hall–Kier alpha value is -2.17. The fraction of sp³-hybridized carbons (Fsp3) is 0.550. The number of carbonyl (C=O) groups excluding carboxylic acids is 2. The molecule has 0 aromatic heterocycles. The average Bonchev–Trinajstić information content (AvgIpc) is 2.71. The van der Waals surface area contributed by atoms with Crippen molar-refractivity contribution in [2.24, 2.45) is 16.6 Å². The monoisotopic (exact) mass is 343 g/mol. The summed E-state index contributed by atoms with van der Waals surface area (Å²) in [7, 11) is 0. The van der Waals surface area contributed by atoms with Crippen LogP contribution < -0.4 is 5.73 Å². The number of ketones is 1. The molecule has 1 aliphatic rings. The van der Waals surface area contributed by atoms with Crippen molar-refractivity contribution >= 4 is 17.6 Å². The predicted octanol–water partition coefficient (Wildman–Crippen LogP) is 3.06. The van der Waals surface area contributed by atoms with Crippen LogP contribution in [0, 0.1) is 5.92 Å². The summed E-state index contributed by atoms with van der Waals surface area (Å²) in [6.45, 7) is 8.42. The Morgan fingerprint density at radius 3 is 2.40 bits per heavy atom. The van der Waals surface area contributed by atoms with Crippen molar-refractivity contribution < 1.29 is 9.59 Å². The third-order valence-corrected chi connectivity index (χ3v) is 4.44. The summed E-state index contributed by atoms with van der Waals surface area (Å²) in [5.74, 6) is 0.868. The number of hydrogen-bond acceptors (Lipinski definition) is 4. The molecule has 1 unspecified atom stereocenters. The molecule has 25 heavy (non-hydrogen) atoms. The Morgan fingerprint density at radius 1 is 1.24 bits per heavy atom. The van der Waals surface area contributed by atoms with Gasteiger partial charge in [0.05, 0.1) is 6.54 Å². The molecule has 0 bridgehead atoms. The van der Waals surface area contributed by atoms with Crippen molar-refractivity contribution in [3.63, 3.8) is 0 Å². The minimum atomic E-state index is -0.759. The molecule has 0 radical (unpaired) electrons. The van der Waals surface area contributed by atoms with Gasteiger partial charge in [-0.15, -0.1) is 0 Å². The van der Waals surface area contributed by atoms with Gasteiger partial charge in [-0.3, -0.25) is 14.5 Å². The number of rotatable bonds is 8. The van der Waals surface area contributed by atoms with E-state index in [1.165, 1.54) is 0 Å². The number of carbonyl (C=O) groups is 2. The number of benzene rings is 1. The molecule has 1 aliphatic heterocycles. The second-order valence-corrected chi connectivity index (χ2v) is 7.52. The quantitative estimate of drug-likeness (QED) is 0.788. The number of nitrogens with zero attached hydrogens (tertiary/aromatic N) is 2. The molecule has 0 fully saturated rings. The van der Waals surface area contributed by atoms with Crippen molar-refractivity contribution in [1.29, 1.82) is 0 Å². The molecule has 0 saturated carbocycles. The second-order valence-electron chi connectivity index (χ2n) is 7.52. The standard InChI is InChI=1S/C20H29N3O2/c1-5-6-17(24)11-15-7-9-16(10-8-15)13-23-18(25)20(4,12-14(2)3)22-19(23)21/h7-10,14H,5-6,11-13H2,1-4H3,(H2,21,22). The Labute approximate surface area is 150 Å². The number of nitrogens with two attached hydrogens (primary N) is 1. The molecular formula is C20H29N3O2. The van der Waals surface area contributed by atoms with Crippen molar-refractivity contribution in [2.45, 2.75) is 65.5 Å². The molecule has 1 amide bonds. The zero-order valence-corrected chi connectivity index (χ0v) is 15.7. The first-order chi connectivity index (χ1) is 11.7.